The molecule has 73 heavy (non-hydrogen) atoms. The topological polar surface area (TPSA) is 78.9 Å². The van der Waals surface area contributed by atoms with E-state index in [0.29, 0.717) is 19.3 Å². The second-order valence-corrected chi connectivity index (χ2v) is 19.5. The Morgan fingerprint density at radius 1 is 0.288 bits per heavy atom. The van der Waals surface area contributed by atoms with Crippen LogP contribution in [0, 0.1) is 0 Å². The Labute approximate surface area is 450 Å². The van der Waals surface area contributed by atoms with E-state index in [2.05, 4.69) is 142 Å². The van der Waals surface area contributed by atoms with Crippen LogP contribution in [-0.4, -0.2) is 37.2 Å². The molecule has 0 fully saturated rings. The number of esters is 3. The molecule has 0 spiro atoms. The third-order valence-corrected chi connectivity index (χ3v) is 12.5. The van der Waals surface area contributed by atoms with E-state index in [1.807, 2.05) is 0 Å². The molecule has 0 aliphatic heterocycles. The maximum absolute atomic E-state index is 12.8. The zero-order valence-corrected chi connectivity index (χ0v) is 47.4. The van der Waals surface area contributed by atoms with E-state index >= 15 is 0 Å². The first kappa shape index (κ1) is 68.8. The van der Waals surface area contributed by atoms with Gasteiger partial charge < -0.3 is 14.2 Å². The molecule has 414 valence electrons. The number of carbonyl (C=O) groups excluding carboxylic acids is 3. The van der Waals surface area contributed by atoms with Crippen LogP contribution in [-0.2, 0) is 28.6 Å². The molecule has 0 aromatic rings. The molecule has 0 N–H and O–H groups in total. The van der Waals surface area contributed by atoms with Crippen molar-refractivity contribution in [2.24, 2.45) is 0 Å². The second-order valence-electron chi connectivity index (χ2n) is 19.5. The van der Waals surface area contributed by atoms with Crippen LogP contribution in [0.2, 0.25) is 0 Å². The zero-order chi connectivity index (χ0) is 52.9. The lowest BCUT2D eigenvalue weighted by Gasteiger charge is -2.18. The highest BCUT2D eigenvalue weighted by Gasteiger charge is 2.19. The highest BCUT2D eigenvalue weighted by atomic mass is 16.6. The minimum Gasteiger partial charge on any atom is -0.462 e. The molecular formula is C67H110O6. The molecule has 0 saturated carbocycles. The van der Waals surface area contributed by atoms with Crippen LogP contribution in [0.25, 0.3) is 0 Å². The van der Waals surface area contributed by atoms with Crippen molar-refractivity contribution in [3.05, 3.63) is 122 Å². The lowest BCUT2D eigenvalue weighted by Crippen LogP contribution is -2.30. The highest BCUT2D eigenvalue weighted by molar-refractivity contribution is 5.71. The van der Waals surface area contributed by atoms with Gasteiger partial charge in [0.05, 0.1) is 0 Å². The minimum atomic E-state index is -0.787. The van der Waals surface area contributed by atoms with E-state index < -0.39 is 6.10 Å². The van der Waals surface area contributed by atoms with Gasteiger partial charge in [-0.15, -0.1) is 0 Å². The van der Waals surface area contributed by atoms with Crippen LogP contribution in [0.15, 0.2) is 122 Å². The van der Waals surface area contributed by atoms with E-state index in [1.165, 1.54) is 89.9 Å². The van der Waals surface area contributed by atoms with Crippen LogP contribution >= 0.6 is 0 Å². The minimum absolute atomic E-state index is 0.0853. The van der Waals surface area contributed by atoms with Gasteiger partial charge in [-0.3, -0.25) is 14.4 Å². The number of hydrogen-bond acceptors (Lipinski definition) is 6. The molecule has 6 heteroatoms. The van der Waals surface area contributed by atoms with Crippen molar-refractivity contribution in [3.8, 4) is 0 Å². The van der Waals surface area contributed by atoms with Crippen molar-refractivity contribution in [1.29, 1.82) is 0 Å². The van der Waals surface area contributed by atoms with Crippen molar-refractivity contribution >= 4 is 17.9 Å². The van der Waals surface area contributed by atoms with Gasteiger partial charge >= 0.3 is 17.9 Å². The summed E-state index contributed by atoms with van der Waals surface area (Å²) >= 11 is 0. The molecule has 0 aliphatic carbocycles. The van der Waals surface area contributed by atoms with Gasteiger partial charge in [0.25, 0.3) is 0 Å². The smallest absolute Gasteiger partial charge is 0.306 e. The van der Waals surface area contributed by atoms with Crippen molar-refractivity contribution in [3.63, 3.8) is 0 Å². The van der Waals surface area contributed by atoms with E-state index in [4.69, 9.17) is 14.2 Å². The average molecular weight is 1010 g/mol. The molecule has 0 rings (SSSR count). The Kier molecular flexibility index (Phi) is 56.9. The normalized spacial score (nSPS) is 13.0. The van der Waals surface area contributed by atoms with Crippen molar-refractivity contribution < 1.29 is 28.6 Å². The molecule has 1 atom stereocenters. The number of hydrogen-bond donors (Lipinski definition) is 0. The van der Waals surface area contributed by atoms with Gasteiger partial charge in [0.1, 0.15) is 13.2 Å². The third-order valence-electron chi connectivity index (χ3n) is 12.5. The highest BCUT2D eigenvalue weighted by Crippen LogP contribution is 2.15. The average Bonchev–Trinajstić information content (AvgIpc) is 3.39. The molecule has 0 radical (unpaired) electrons. The molecule has 0 bridgehead atoms. The number of carbonyl (C=O) groups is 3. The Balaban J connectivity index is 4.22. The SMILES string of the molecule is CC/C=C\C/C=C\C/C=C\C/C=C\C/C=C\C/C=C\CCCCCCCCCCC(=O)OCC(COC(=O)CCCCCCCCC)OC(=O)CCCCCCCCCC/C=C\C/C=C\C/C=C\C/C=C\CC. The Bertz CT molecular complexity index is 1540. The van der Waals surface area contributed by atoms with Crippen molar-refractivity contribution in [1.82, 2.24) is 0 Å². The number of ether oxygens (including phenoxy) is 3. The van der Waals surface area contributed by atoms with Crippen LogP contribution in [0.1, 0.15) is 265 Å². The number of allylic oxidation sites excluding steroid dienone is 20. The van der Waals surface area contributed by atoms with Gasteiger partial charge in [-0.05, 0) is 109 Å². The first-order chi connectivity index (χ1) is 36.0. The van der Waals surface area contributed by atoms with E-state index in [9.17, 15) is 14.4 Å². The monoisotopic (exact) mass is 1010 g/mol. The number of unbranched alkanes of at least 4 members (excludes halogenated alkanes) is 22. The summed E-state index contributed by atoms with van der Waals surface area (Å²) in [7, 11) is 0. The molecule has 0 aromatic heterocycles. The predicted octanol–water partition coefficient (Wildman–Crippen LogP) is 20.4. The third kappa shape index (κ3) is 58.6. The zero-order valence-electron chi connectivity index (χ0n) is 47.4. The van der Waals surface area contributed by atoms with E-state index in [-0.39, 0.29) is 31.1 Å². The fraction of sp³-hybridized carbons (Fsp3) is 0.657. The molecule has 0 aliphatic rings. The fourth-order valence-electron chi connectivity index (χ4n) is 8.03. The summed E-state index contributed by atoms with van der Waals surface area (Å²) in [5, 5.41) is 0. The molecular weight excluding hydrogens is 901 g/mol. The van der Waals surface area contributed by atoms with Crippen LogP contribution in [0.4, 0.5) is 0 Å². The molecule has 0 aromatic carbocycles. The van der Waals surface area contributed by atoms with Crippen LogP contribution < -0.4 is 0 Å². The summed E-state index contributed by atoms with van der Waals surface area (Å²) in [6, 6.07) is 0. The van der Waals surface area contributed by atoms with Crippen molar-refractivity contribution in [2.75, 3.05) is 13.2 Å². The fourth-order valence-corrected chi connectivity index (χ4v) is 8.03. The molecule has 6 nitrogen and oxygen atoms in total. The lowest BCUT2D eigenvalue weighted by atomic mass is 10.1. The Hall–Kier alpha value is -4.19. The second kappa shape index (κ2) is 60.4. The lowest BCUT2D eigenvalue weighted by molar-refractivity contribution is -0.167. The van der Waals surface area contributed by atoms with Gasteiger partial charge in [0, 0.05) is 19.3 Å². The van der Waals surface area contributed by atoms with Crippen molar-refractivity contribution in [2.45, 2.75) is 271 Å². The van der Waals surface area contributed by atoms with Gasteiger partial charge in [-0.1, -0.05) is 258 Å². The number of rotatable bonds is 53. The largest absolute Gasteiger partial charge is 0.462 e. The Morgan fingerprint density at radius 2 is 0.534 bits per heavy atom. The summed E-state index contributed by atoms with van der Waals surface area (Å²) in [5.74, 6) is -0.908. The van der Waals surface area contributed by atoms with Gasteiger partial charge in [0.2, 0.25) is 0 Å². The predicted molar refractivity (Wildman–Crippen MR) is 316 cm³/mol. The summed E-state index contributed by atoms with van der Waals surface area (Å²) in [4.78, 5) is 38.0. The van der Waals surface area contributed by atoms with E-state index in [0.717, 1.165) is 135 Å². The summed E-state index contributed by atoms with van der Waals surface area (Å²) < 4.78 is 16.8. The first-order valence-corrected chi connectivity index (χ1v) is 30.0. The maximum Gasteiger partial charge on any atom is 0.306 e. The summed E-state index contributed by atoms with van der Waals surface area (Å²) in [6.07, 6.45) is 83.6. The van der Waals surface area contributed by atoms with Gasteiger partial charge in [-0.2, -0.15) is 0 Å². The molecule has 1 unspecified atom stereocenters. The molecule has 0 heterocycles. The van der Waals surface area contributed by atoms with Crippen LogP contribution in [0.3, 0.4) is 0 Å². The molecule has 0 saturated heterocycles. The van der Waals surface area contributed by atoms with E-state index in [1.54, 1.807) is 0 Å². The van der Waals surface area contributed by atoms with Crippen LogP contribution in [0.5, 0.6) is 0 Å². The molecule has 0 amide bonds. The van der Waals surface area contributed by atoms with Gasteiger partial charge in [-0.25, -0.2) is 0 Å². The quantitative estimate of drug-likeness (QED) is 0.0261. The maximum atomic E-state index is 12.8. The summed E-state index contributed by atoms with van der Waals surface area (Å²) in [5.41, 5.74) is 0. The Morgan fingerprint density at radius 3 is 0.836 bits per heavy atom. The van der Waals surface area contributed by atoms with Gasteiger partial charge in [0.15, 0.2) is 6.10 Å². The standard InChI is InChI=1S/C67H110O6/c1-4-7-10-13-16-18-20-22-24-26-28-30-31-32-33-34-35-37-38-40-42-44-46-48-51-54-57-60-66(69)72-63-64(62-71-65(68)59-56-53-50-15-12-9-6-3)73-67(70)61-58-55-52-49-47-45-43-41-39-36-29-27-25-23-21-19-17-14-11-8-5-2/h7-8,10-11,16-19,22-25,28-30,32-33,35-37,64H,4-6,9,12-15,20-21,26-27,31,34,38-63H2,1-3H3/b10-7-,11-8-,18-16-,19-17-,24-22-,25-23-,30-28-,33-32-,36-29-,37-35-. The summed E-state index contributed by atoms with van der Waals surface area (Å²) in [6.45, 7) is 6.36. The first-order valence-electron chi connectivity index (χ1n) is 30.0.